The van der Waals surface area contributed by atoms with Crippen LogP contribution < -0.4 is 0 Å². The lowest BCUT2D eigenvalue weighted by Gasteiger charge is -2.45. The molecule has 260 valence electrons. The van der Waals surface area contributed by atoms with Crippen molar-refractivity contribution in [2.75, 3.05) is 13.2 Å². The molecule has 0 saturated carbocycles. The van der Waals surface area contributed by atoms with E-state index in [9.17, 15) is 4.79 Å². The quantitative estimate of drug-likeness (QED) is 0.128. The van der Waals surface area contributed by atoms with Gasteiger partial charge >= 0.3 is 0 Å². The Balaban J connectivity index is 1.46. The molecule has 3 aromatic rings. The van der Waals surface area contributed by atoms with Crippen LogP contribution in [0.2, 0.25) is 0 Å². The third-order valence-electron chi connectivity index (χ3n) is 9.36. The second kappa shape index (κ2) is 18.6. The number of benzene rings is 3. The van der Waals surface area contributed by atoms with Crippen LogP contribution >= 0.6 is 0 Å². The van der Waals surface area contributed by atoms with Crippen molar-refractivity contribution in [3.8, 4) is 0 Å². The van der Waals surface area contributed by atoms with E-state index in [1.165, 1.54) is 0 Å². The fourth-order valence-electron chi connectivity index (χ4n) is 6.54. The molecule has 1 saturated heterocycles. The lowest BCUT2D eigenvalue weighted by molar-refractivity contribution is -0.305. The van der Waals surface area contributed by atoms with Gasteiger partial charge in [0.15, 0.2) is 11.6 Å². The fourth-order valence-corrected chi connectivity index (χ4v) is 6.54. The van der Waals surface area contributed by atoms with E-state index < -0.39 is 5.79 Å². The SMILES string of the molecule is C[C@@H]([C@@H](OCc1ccccc1)[C@@H](C)/C=C/C(=O)[C@H](C)[C@H](OCc1ccccc1)[C@H](C)COCc1ccccc1)[C@H]1OC(C)(C)OC[C@@H]1C. The molecule has 0 spiro atoms. The second-order valence-electron chi connectivity index (χ2n) is 14.0. The van der Waals surface area contributed by atoms with Gasteiger partial charge in [0.1, 0.15) is 0 Å². The molecule has 1 aliphatic rings. The molecule has 1 fully saturated rings. The van der Waals surface area contributed by atoms with Crippen LogP contribution in [0.15, 0.2) is 103 Å². The van der Waals surface area contributed by atoms with Crippen molar-refractivity contribution in [3.63, 3.8) is 0 Å². The fraction of sp³-hybridized carbons (Fsp3) is 0.500. The van der Waals surface area contributed by atoms with Gasteiger partial charge in [-0.1, -0.05) is 132 Å². The Morgan fingerprint density at radius 2 is 1.29 bits per heavy atom. The summed E-state index contributed by atoms with van der Waals surface area (Å²) in [6.07, 6.45) is 3.19. The first-order chi connectivity index (χ1) is 23.0. The Morgan fingerprint density at radius 3 is 1.83 bits per heavy atom. The lowest BCUT2D eigenvalue weighted by atomic mass is 9.82. The highest BCUT2D eigenvalue weighted by molar-refractivity contribution is 5.91. The van der Waals surface area contributed by atoms with Crippen LogP contribution in [-0.2, 0) is 48.3 Å². The molecule has 6 heteroatoms. The summed E-state index contributed by atoms with van der Waals surface area (Å²) in [5.41, 5.74) is 3.30. The van der Waals surface area contributed by atoms with E-state index in [0.29, 0.717) is 33.0 Å². The van der Waals surface area contributed by atoms with E-state index in [-0.39, 0.29) is 53.7 Å². The molecule has 8 atom stereocenters. The number of carbonyl (C=O) groups excluding carboxylic acids is 1. The number of hydrogen-bond donors (Lipinski definition) is 0. The van der Waals surface area contributed by atoms with Crippen LogP contribution in [0.5, 0.6) is 0 Å². The molecule has 0 bridgehead atoms. The molecule has 48 heavy (non-hydrogen) atoms. The van der Waals surface area contributed by atoms with E-state index in [1.54, 1.807) is 6.08 Å². The van der Waals surface area contributed by atoms with Crippen LogP contribution in [-0.4, -0.2) is 43.1 Å². The number of rotatable bonds is 18. The minimum Gasteiger partial charge on any atom is -0.376 e. The maximum atomic E-state index is 13.8. The van der Waals surface area contributed by atoms with Crippen molar-refractivity contribution in [2.45, 2.75) is 92.4 Å². The van der Waals surface area contributed by atoms with Gasteiger partial charge in [-0.3, -0.25) is 4.79 Å². The second-order valence-corrected chi connectivity index (χ2v) is 14.0. The predicted octanol–water partition coefficient (Wildman–Crippen LogP) is 8.83. The molecule has 0 aromatic heterocycles. The van der Waals surface area contributed by atoms with E-state index in [2.05, 4.69) is 52.0 Å². The molecule has 3 aromatic carbocycles. The van der Waals surface area contributed by atoms with Crippen molar-refractivity contribution in [1.82, 2.24) is 0 Å². The summed E-state index contributed by atoms with van der Waals surface area (Å²) in [6, 6.07) is 30.4. The highest BCUT2D eigenvalue weighted by Gasteiger charge is 2.41. The Labute approximate surface area is 288 Å². The summed E-state index contributed by atoms with van der Waals surface area (Å²) in [4.78, 5) is 13.8. The normalized spacial score (nSPS) is 21.6. The topological polar surface area (TPSA) is 63.2 Å². The van der Waals surface area contributed by atoms with Crippen molar-refractivity contribution >= 4 is 5.78 Å². The highest BCUT2D eigenvalue weighted by Crippen LogP contribution is 2.35. The number of carbonyl (C=O) groups is 1. The first-order valence-electron chi connectivity index (χ1n) is 17.5. The summed E-state index contributed by atoms with van der Waals surface area (Å²) in [5, 5.41) is 0. The smallest absolute Gasteiger partial charge is 0.163 e. The molecule has 1 heterocycles. The minimum absolute atomic E-state index is 0.000291. The lowest BCUT2D eigenvalue weighted by Crippen LogP contribution is -2.50. The zero-order chi connectivity index (χ0) is 34.5. The molecule has 1 aliphatic heterocycles. The Bertz CT molecular complexity index is 1380. The van der Waals surface area contributed by atoms with E-state index in [1.807, 2.05) is 93.6 Å². The molecule has 0 radical (unpaired) electrons. The highest BCUT2D eigenvalue weighted by atomic mass is 16.7. The zero-order valence-electron chi connectivity index (χ0n) is 29.9. The monoisotopic (exact) mass is 656 g/mol. The Morgan fingerprint density at radius 1 is 0.792 bits per heavy atom. The molecule has 4 rings (SSSR count). The first kappa shape index (κ1) is 37.7. The molecule has 0 N–H and O–H groups in total. The van der Waals surface area contributed by atoms with Crippen LogP contribution in [0.25, 0.3) is 0 Å². The van der Waals surface area contributed by atoms with Crippen LogP contribution in [0.1, 0.15) is 65.2 Å². The third-order valence-corrected chi connectivity index (χ3v) is 9.36. The number of ether oxygens (including phenoxy) is 5. The van der Waals surface area contributed by atoms with E-state index in [4.69, 9.17) is 23.7 Å². The minimum atomic E-state index is -0.657. The largest absolute Gasteiger partial charge is 0.376 e. The zero-order valence-corrected chi connectivity index (χ0v) is 29.9. The van der Waals surface area contributed by atoms with Crippen LogP contribution in [0, 0.1) is 29.6 Å². The van der Waals surface area contributed by atoms with Gasteiger partial charge in [0.05, 0.1) is 51.3 Å². The molecular formula is C42H56O6. The molecule has 0 aliphatic carbocycles. The Kier molecular flexibility index (Phi) is 14.6. The van der Waals surface area contributed by atoms with Crippen molar-refractivity contribution in [1.29, 1.82) is 0 Å². The van der Waals surface area contributed by atoms with Gasteiger partial charge in [-0.05, 0) is 36.6 Å². The third kappa shape index (κ3) is 11.5. The van der Waals surface area contributed by atoms with Gasteiger partial charge in [-0.15, -0.1) is 0 Å². The number of allylic oxidation sites excluding steroid dienone is 1. The summed E-state index contributed by atoms with van der Waals surface area (Å²) in [7, 11) is 0. The van der Waals surface area contributed by atoms with Gasteiger partial charge < -0.3 is 23.7 Å². The van der Waals surface area contributed by atoms with Gasteiger partial charge in [0.25, 0.3) is 0 Å². The van der Waals surface area contributed by atoms with E-state index >= 15 is 0 Å². The summed E-state index contributed by atoms with van der Waals surface area (Å²) >= 11 is 0. The maximum Gasteiger partial charge on any atom is 0.163 e. The standard InChI is InChI=1S/C42H56O6/c1-30(39(45-28-36-19-13-9-14-20-36)34(5)41-32(3)26-47-42(6,7)48-41)23-24-38(43)33(4)40(46-29-37-21-15-10-16-22-37)31(2)25-44-27-35-17-11-8-12-18-35/h8-24,30-34,39-41H,25-29H2,1-7H3/b24-23+/t30-,31+,32-,33-,34-,39-,40+,41-/m0/s1. The molecule has 0 amide bonds. The van der Waals surface area contributed by atoms with Gasteiger partial charge in [-0.2, -0.15) is 0 Å². The summed E-state index contributed by atoms with van der Waals surface area (Å²) in [6.45, 7) is 17.0. The van der Waals surface area contributed by atoms with Crippen molar-refractivity contribution in [3.05, 3.63) is 120 Å². The average molecular weight is 657 g/mol. The average Bonchev–Trinajstić information content (AvgIpc) is 3.09. The van der Waals surface area contributed by atoms with Crippen molar-refractivity contribution < 1.29 is 28.5 Å². The first-order valence-corrected chi connectivity index (χ1v) is 17.5. The maximum absolute atomic E-state index is 13.8. The molecular weight excluding hydrogens is 600 g/mol. The summed E-state index contributed by atoms with van der Waals surface area (Å²) in [5.74, 6) is -0.772. The molecule has 6 nitrogen and oxygen atoms in total. The van der Waals surface area contributed by atoms with Gasteiger partial charge in [0.2, 0.25) is 0 Å². The predicted molar refractivity (Wildman–Crippen MR) is 191 cm³/mol. The van der Waals surface area contributed by atoms with Crippen molar-refractivity contribution in [2.24, 2.45) is 29.6 Å². The van der Waals surface area contributed by atoms with Gasteiger partial charge in [0, 0.05) is 29.6 Å². The van der Waals surface area contributed by atoms with Gasteiger partial charge in [-0.25, -0.2) is 0 Å². The van der Waals surface area contributed by atoms with Crippen LogP contribution in [0.4, 0.5) is 0 Å². The number of ketones is 1. The van der Waals surface area contributed by atoms with Crippen LogP contribution in [0.3, 0.4) is 0 Å². The molecule has 0 unspecified atom stereocenters. The summed E-state index contributed by atoms with van der Waals surface area (Å²) < 4.78 is 31.6. The Hall–Kier alpha value is -3.13. The number of hydrogen-bond acceptors (Lipinski definition) is 6. The van der Waals surface area contributed by atoms with E-state index in [0.717, 1.165) is 16.7 Å².